The van der Waals surface area contributed by atoms with E-state index in [1.165, 1.54) is 4.88 Å². The van der Waals surface area contributed by atoms with Crippen molar-refractivity contribution in [3.63, 3.8) is 0 Å². The zero-order valence-corrected chi connectivity index (χ0v) is 12.0. The van der Waals surface area contributed by atoms with E-state index in [1.807, 2.05) is 0 Å². The van der Waals surface area contributed by atoms with Crippen molar-refractivity contribution in [1.29, 1.82) is 0 Å². The van der Waals surface area contributed by atoms with Crippen LogP contribution in [0.3, 0.4) is 0 Å². The van der Waals surface area contributed by atoms with Crippen molar-refractivity contribution >= 4 is 17.3 Å². The maximum absolute atomic E-state index is 5.48. The van der Waals surface area contributed by atoms with E-state index >= 15 is 0 Å². The Bertz CT molecular complexity index is 351. The van der Waals surface area contributed by atoms with Crippen molar-refractivity contribution in [2.45, 2.75) is 19.9 Å². The lowest BCUT2D eigenvalue weighted by molar-refractivity contribution is 0.207. The Morgan fingerprint density at radius 3 is 2.83 bits per heavy atom. The normalized spacial score (nSPS) is 13.7. The maximum atomic E-state index is 5.48. The molecule has 0 aromatic carbocycles. The first-order valence-corrected chi connectivity index (χ1v) is 6.87. The molecule has 1 aromatic rings. The van der Waals surface area contributed by atoms with Crippen molar-refractivity contribution in [3.05, 3.63) is 22.4 Å². The standard InChI is InChI=1S/C12H22N4OS/c1-9(2)11(10-5-4-8-18-10)15-12(16-13)14-6-7-17-3/h4-5,8-9,11H,6-7,13H2,1-3H3,(H2,14,15,16). The predicted octanol–water partition coefficient (Wildman–Crippen LogP) is 1.50. The van der Waals surface area contributed by atoms with Gasteiger partial charge in [-0.2, -0.15) is 0 Å². The number of ether oxygens (including phenoxy) is 1. The van der Waals surface area contributed by atoms with E-state index in [1.54, 1.807) is 18.4 Å². The largest absolute Gasteiger partial charge is 0.383 e. The summed E-state index contributed by atoms with van der Waals surface area (Å²) in [5.41, 5.74) is 2.60. The molecule has 0 aliphatic carbocycles. The number of hydrogen-bond donors (Lipinski definition) is 3. The van der Waals surface area contributed by atoms with Crippen LogP contribution in [0.15, 0.2) is 22.5 Å². The fourth-order valence-corrected chi connectivity index (χ4v) is 2.51. The molecule has 4 N–H and O–H groups in total. The first-order chi connectivity index (χ1) is 8.69. The minimum atomic E-state index is 0.211. The minimum absolute atomic E-state index is 0.211. The first kappa shape index (κ1) is 14.9. The molecule has 5 nitrogen and oxygen atoms in total. The van der Waals surface area contributed by atoms with Crippen molar-refractivity contribution in [2.24, 2.45) is 16.8 Å². The van der Waals surface area contributed by atoms with Crippen LogP contribution in [0.25, 0.3) is 0 Å². The number of rotatable bonds is 6. The smallest absolute Gasteiger partial charge is 0.206 e. The van der Waals surface area contributed by atoms with Crippen LogP contribution in [0, 0.1) is 5.92 Å². The summed E-state index contributed by atoms with van der Waals surface area (Å²) in [5, 5.41) is 5.41. The molecule has 0 fully saturated rings. The van der Waals surface area contributed by atoms with Gasteiger partial charge >= 0.3 is 0 Å². The van der Waals surface area contributed by atoms with Gasteiger partial charge in [-0.3, -0.25) is 5.43 Å². The molecule has 0 bridgehead atoms. The molecule has 0 aliphatic rings. The molecule has 1 atom stereocenters. The number of hydrogen-bond acceptors (Lipinski definition) is 4. The quantitative estimate of drug-likeness (QED) is 0.241. The molecule has 0 amide bonds. The van der Waals surface area contributed by atoms with E-state index in [4.69, 9.17) is 10.6 Å². The maximum Gasteiger partial charge on any atom is 0.206 e. The molecular weight excluding hydrogens is 248 g/mol. The Kier molecular flexibility index (Phi) is 6.70. The summed E-state index contributed by atoms with van der Waals surface area (Å²) in [4.78, 5) is 5.59. The zero-order valence-electron chi connectivity index (χ0n) is 11.1. The summed E-state index contributed by atoms with van der Waals surface area (Å²) < 4.78 is 4.96. The molecule has 18 heavy (non-hydrogen) atoms. The fourth-order valence-electron chi connectivity index (χ4n) is 1.56. The van der Waals surface area contributed by atoms with Gasteiger partial charge in [-0.25, -0.2) is 10.8 Å². The number of thiophene rings is 1. The Hall–Kier alpha value is -1.11. The average molecular weight is 270 g/mol. The van der Waals surface area contributed by atoms with Crippen LogP contribution in [-0.4, -0.2) is 26.2 Å². The summed E-state index contributed by atoms with van der Waals surface area (Å²) >= 11 is 1.73. The Labute approximate surface area is 112 Å². The van der Waals surface area contributed by atoms with E-state index in [2.05, 4.69) is 47.1 Å². The highest BCUT2D eigenvalue weighted by atomic mass is 32.1. The lowest BCUT2D eigenvalue weighted by Crippen LogP contribution is -2.44. The third kappa shape index (κ3) is 4.64. The van der Waals surface area contributed by atoms with Gasteiger partial charge < -0.3 is 10.1 Å². The molecule has 1 unspecified atom stereocenters. The summed E-state index contributed by atoms with van der Waals surface area (Å²) in [7, 11) is 1.65. The molecule has 102 valence electrons. The predicted molar refractivity (Wildman–Crippen MR) is 76.5 cm³/mol. The van der Waals surface area contributed by atoms with Crippen LogP contribution in [-0.2, 0) is 4.74 Å². The van der Waals surface area contributed by atoms with Gasteiger partial charge in [-0.05, 0) is 17.4 Å². The van der Waals surface area contributed by atoms with E-state index in [0.717, 1.165) is 0 Å². The van der Waals surface area contributed by atoms with Crippen LogP contribution in [0.4, 0.5) is 0 Å². The van der Waals surface area contributed by atoms with Crippen LogP contribution in [0.5, 0.6) is 0 Å². The molecule has 0 saturated carbocycles. The molecule has 1 heterocycles. The van der Waals surface area contributed by atoms with E-state index < -0.39 is 0 Å². The fraction of sp³-hybridized carbons (Fsp3) is 0.583. The van der Waals surface area contributed by atoms with Gasteiger partial charge in [-0.15, -0.1) is 11.3 Å². The molecule has 0 radical (unpaired) electrons. The number of methoxy groups -OCH3 is 1. The molecule has 0 spiro atoms. The van der Waals surface area contributed by atoms with E-state index in [-0.39, 0.29) is 6.04 Å². The lowest BCUT2D eigenvalue weighted by atomic mass is 10.0. The molecule has 0 saturated heterocycles. The summed E-state index contributed by atoms with van der Waals surface area (Å²) in [6, 6.07) is 4.38. The SMILES string of the molecule is COCCN=C(NN)NC(c1cccs1)C(C)C. The van der Waals surface area contributed by atoms with Gasteiger partial charge in [0.2, 0.25) is 5.96 Å². The highest BCUT2D eigenvalue weighted by molar-refractivity contribution is 7.10. The topological polar surface area (TPSA) is 71.7 Å². The van der Waals surface area contributed by atoms with Crippen molar-refractivity contribution in [1.82, 2.24) is 10.7 Å². The number of guanidine groups is 1. The van der Waals surface area contributed by atoms with E-state index in [9.17, 15) is 0 Å². The second-order valence-corrected chi connectivity index (χ2v) is 5.23. The molecular formula is C12H22N4OS. The number of nitrogens with two attached hydrogens (primary N) is 1. The number of nitrogens with zero attached hydrogens (tertiary/aromatic N) is 1. The highest BCUT2D eigenvalue weighted by Gasteiger charge is 2.17. The second kappa shape index (κ2) is 8.07. The second-order valence-electron chi connectivity index (χ2n) is 4.25. The van der Waals surface area contributed by atoms with Gasteiger partial charge in [-0.1, -0.05) is 19.9 Å². The molecule has 1 rings (SSSR count). The Morgan fingerprint density at radius 1 is 1.56 bits per heavy atom. The van der Waals surface area contributed by atoms with Gasteiger partial charge in [0.05, 0.1) is 19.2 Å². The monoisotopic (exact) mass is 270 g/mol. The number of aliphatic imine (C=N–C) groups is 1. The summed E-state index contributed by atoms with van der Waals surface area (Å²) in [6.45, 7) is 5.50. The average Bonchev–Trinajstić information content (AvgIpc) is 2.86. The van der Waals surface area contributed by atoms with Gasteiger partial charge in [0.1, 0.15) is 0 Å². The van der Waals surface area contributed by atoms with E-state index in [0.29, 0.717) is 25.0 Å². The third-order valence-corrected chi connectivity index (χ3v) is 3.47. The number of nitrogens with one attached hydrogen (secondary N) is 2. The lowest BCUT2D eigenvalue weighted by Gasteiger charge is -2.23. The van der Waals surface area contributed by atoms with Crippen molar-refractivity contribution < 1.29 is 4.74 Å². The Morgan fingerprint density at radius 2 is 2.33 bits per heavy atom. The summed E-state index contributed by atoms with van der Waals surface area (Å²) in [5.74, 6) is 6.52. The molecule has 0 aliphatic heterocycles. The van der Waals surface area contributed by atoms with Gasteiger partial charge in [0.15, 0.2) is 0 Å². The number of hydrazine groups is 1. The summed E-state index contributed by atoms with van der Waals surface area (Å²) in [6.07, 6.45) is 0. The highest BCUT2D eigenvalue weighted by Crippen LogP contribution is 2.25. The third-order valence-electron chi connectivity index (χ3n) is 2.51. The Balaban J connectivity index is 2.67. The van der Waals surface area contributed by atoms with Crippen LogP contribution >= 0.6 is 11.3 Å². The van der Waals surface area contributed by atoms with Crippen LogP contribution in [0.2, 0.25) is 0 Å². The van der Waals surface area contributed by atoms with Crippen LogP contribution in [0.1, 0.15) is 24.8 Å². The van der Waals surface area contributed by atoms with Crippen molar-refractivity contribution in [2.75, 3.05) is 20.3 Å². The molecule has 6 heteroatoms. The van der Waals surface area contributed by atoms with Gasteiger partial charge in [0.25, 0.3) is 0 Å². The van der Waals surface area contributed by atoms with Gasteiger partial charge in [0, 0.05) is 12.0 Å². The minimum Gasteiger partial charge on any atom is -0.383 e. The first-order valence-electron chi connectivity index (χ1n) is 5.99. The van der Waals surface area contributed by atoms with Crippen LogP contribution < -0.4 is 16.6 Å². The molecule has 1 aromatic heterocycles. The zero-order chi connectivity index (χ0) is 13.4. The van der Waals surface area contributed by atoms with Crippen molar-refractivity contribution in [3.8, 4) is 0 Å².